The van der Waals surface area contributed by atoms with Crippen molar-refractivity contribution >= 4 is 11.9 Å². The highest BCUT2D eigenvalue weighted by Gasteiger charge is 2.51. The number of hydrogen-bond donors (Lipinski definition) is 1. The molecular weight excluding hydrogens is 480 g/mol. The van der Waals surface area contributed by atoms with Gasteiger partial charge in [0.2, 0.25) is 5.89 Å². The summed E-state index contributed by atoms with van der Waals surface area (Å²) in [6, 6.07) is 8.28. The number of aryl methyl sites for hydroxylation is 1. The van der Waals surface area contributed by atoms with Crippen LogP contribution in [0.1, 0.15) is 104 Å². The van der Waals surface area contributed by atoms with Gasteiger partial charge in [0.1, 0.15) is 6.26 Å². The molecule has 3 fully saturated rings. The van der Waals surface area contributed by atoms with Crippen molar-refractivity contribution in [3.05, 3.63) is 53.2 Å². The fraction of sp³-hybridized carbons (Fsp3) is 0.645. The molecule has 3 aliphatic rings. The molecule has 5 rings (SSSR count). The summed E-state index contributed by atoms with van der Waals surface area (Å²) in [6.07, 6.45) is 16.0. The molecule has 1 aromatic heterocycles. The number of unbranched alkanes of at least 4 members (excludes halogenated alkanes) is 1. The zero-order valence-electron chi connectivity index (χ0n) is 22.7. The number of esters is 1. The zero-order chi connectivity index (χ0) is 26.3. The van der Waals surface area contributed by atoms with E-state index in [2.05, 4.69) is 22.4 Å². The quantitative estimate of drug-likeness (QED) is 0.281. The number of benzene rings is 1. The van der Waals surface area contributed by atoms with Crippen molar-refractivity contribution in [2.75, 3.05) is 13.7 Å². The second-order valence-corrected chi connectivity index (χ2v) is 11.4. The highest BCUT2D eigenvalue weighted by atomic mass is 16.5. The van der Waals surface area contributed by atoms with Gasteiger partial charge in [-0.15, -0.1) is 0 Å². The van der Waals surface area contributed by atoms with Crippen LogP contribution in [0.5, 0.6) is 0 Å². The molecule has 2 saturated heterocycles. The lowest BCUT2D eigenvalue weighted by Gasteiger charge is -2.26. The number of carbonyl (C=O) groups is 2. The van der Waals surface area contributed by atoms with Crippen molar-refractivity contribution in [3.8, 4) is 0 Å². The van der Waals surface area contributed by atoms with Crippen LogP contribution in [0, 0.1) is 11.8 Å². The molecule has 7 nitrogen and oxygen atoms in total. The van der Waals surface area contributed by atoms with Gasteiger partial charge < -0.3 is 19.2 Å². The fourth-order valence-corrected chi connectivity index (χ4v) is 6.84. The van der Waals surface area contributed by atoms with Gasteiger partial charge in [0.25, 0.3) is 5.91 Å². The standard InChI is InChI=1S/C31H42N2O5/c1-36-28(34)17-14-22-12-5-6-13-23(22)19-24-26-15-16-27(38-26)29(24)31-33-25(20-37-31)30(35)32-18-8-7-11-21-9-3-2-4-10-21/h5-6,12-13,20-21,24,26-27,29H,2-4,7-11,14-19H2,1H3,(H,32,35). The maximum Gasteiger partial charge on any atom is 0.305 e. The Morgan fingerprint density at radius 3 is 2.63 bits per heavy atom. The summed E-state index contributed by atoms with van der Waals surface area (Å²) in [7, 11) is 1.43. The van der Waals surface area contributed by atoms with E-state index in [-0.39, 0.29) is 35.9 Å². The number of amides is 1. The number of methoxy groups -OCH3 is 1. The Balaban J connectivity index is 1.17. The van der Waals surface area contributed by atoms with Gasteiger partial charge >= 0.3 is 5.97 Å². The molecule has 2 aliphatic heterocycles. The van der Waals surface area contributed by atoms with Gasteiger partial charge in [0, 0.05) is 18.9 Å². The van der Waals surface area contributed by atoms with E-state index in [4.69, 9.17) is 13.9 Å². The van der Waals surface area contributed by atoms with Crippen LogP contribution in [0.3, 0.4) is 0 Å². The molecule has 38 heavy (non-hydrogen) atoms. The summed E-state index contributed by atoms with van der Waals surface area (Å²) < 4.78 is 17.1. The molecule has 4 unspecified atom stereocenters. The number of oxazole rings is 1. The molecule has 3 heterocycles. The van der Waals surface area contributed by atoms with Crippen LogP contribution in [-0.4, -0.2) is 42.7 Å². The maximum absolute atomic E-state index is 12.8. The van der Waals surface area contributed by atoms with Crippen LogP contribution in [0.4, 0.5) is 0 Å². The highest BCUT2D eigenvalue weighted by Crippen LogP contribution is 2.50. The van der Waals surface area contributed by atoms with Crippen molar-refractivity contribution < 1.29 is 23.5 Å². The van der Waals surface area contributed by atoms with Gasteiger partial charge in [-0.1, -0.05) is 69.2 Å². The van der Waals surface area contributed by atoms with E-state index in [1.165, 1.54) is 63.9 Å². The predicted octanol–water partition coefficient (Wildman–Crippen LogP) is 5.76. The summed E-state index contributed by atoms with van der Waals surface area (Å²) in [5, 5.41) is 3.03. The number of fused-ring (bicyclic) bond motifs is 2. The molecule has 1 saturated carbocycles. The van der Waals surface area contributed by atoms with Crippen molar-refractivity contribution in [1.82, 2.24) is 10.3 Å². The van der Waals surface area contributed by atoms with Crippen LogP contribution in [0.25, 0.3) is 0 Å². The highest BCUT2D eigenvalue weighted by molar-refractivity contribution is 5.91. The van der Waals surface area contributed by atoms with Gasteiger partial charge in [-0.05, 0) is 49.1 Å². The molecule has 206 valence electrons. The van der Waals surface area contributed by atoms with Crippen molar-refractivity contribution in [2.24, 2.45) is 11.8 Å². The molecule has 1 amide bonds. The SMILES string of the molecule is COC(=O)CCc1ccccc1CC1C2CCC(O2)C1c1nc(C(=O)NCCCCC2CCCCC2)co1. The number of rotatable bonds is 12. The number of carbonyl (C=O) groups excluding carboxylic acids is 2. The molecule has 0 spiro atoms. The summed E-state index contributed by atoms with van der Waals surface area (Å²) in [5.41, 5.74) is 2.74. The Morgan fingerprint density at radius 1 is 1.03 bits per heavy atom. The van der Waals surface area contributed by atoms with Crippen LogP contribution < -0.4 is 5.32 Å². The van der Waals surface area contributed by atoms with E-state index in [0.29, 0.717) is 31.0 Å². The van der Waals surface area contributed by atoms with Crippen LogP contribution >= 0.6 is 0 Å². The molecule has 2 aromatic rings. The Morgan fingerprint density at radius 2 is 1.82 bits per heavy atom. The third kappa shape index (κ3) is 6.48. The van der Waals surface area contributed by atoms with Crippen LogP contribution in [0.15, 0.2) is 34.9 Å². The molecule has 7 heteroatoms. The minimum absolute atomic E-state index is 0.0273. The summed E-state index contributed by atoms with van der Waals surface area (Å²) >= 11 is 0. The molecule has 2 bridgehead atoms. The first-order chi connectivity index (χ1) is 18.6. The predicted molar refractivity (Wildman–Crippen MR) is 144 cm³/mol. The Labute approximate surface area is 226 Å². The zero-order valence-corrected chi connectivity index (χ0v) is 22.7. The van der Waals surface area contributed by atoms with Crippen LogP contribution in [0.2, 0.25) is 0 Å². The first-order valence-corrected chi connectivity index (χ1v) is 14.6. The monoisotopic (exact) mass is 522 g/mol. The minimum atomic E-state index is -0.198. The van der Waals surface area contributed by atoms with Crippen molar-refractivity contribution in [2.45, 2.75) is 102 Å². The number of hydrogen-bond acceptors (Lipinski definition) is 6. The molecule has 1 aromatic carbocycles. The van der Waals surface area contributed by atoms with E-state index >= 15 is 0 Å². The van der Waals surface area contributed by atoms with Gasteiger partial charge in [-0.2, -0.15) is 0 Å². The Hall–Kier alpha value is -2.67. The molecule has 4 atom stereocenters. The lowest BCUT2D eigenvalue weighted by molar-refractivity contribution is -0.140. The van der Waals surface area contributed by atoms with Gasteiger partial charge in [-0.3, -0.25) is 9.59 Å². The molecule has 0 radical (unpaired) electrons. The average molecular weight is 523 g/mol. The lowest BCUT2D eigenvalue weighted by Crippen LogP contribution is -2.28. The lowest BCUT2D eigenvalue weighted by atomic mass is 9.75. The first kappa shape index (κ1) is 26.9. The smallest absolute Gasteiger partial charge is 0.305 e. The van der Waals surface area contributed by atoms with Gasteiger partial charge in [0.15, 0.2) is 5.69 Å². The number of aromatic nitrogens is 1. The van der Waals surface area contributed by atoms with Crippen molar-refractivity contribution in [3.63, 3.8) is 0 Å². The van der Waals surface area contributed by atoms with Gasteiger partial charge in [0.05, 0.1) is 25.2 Å². The minimum Gasteiger partial charge on any atom is -0.469 e. The maximum atomic E-state index is 12.8. The third-order valence-corrected chi connectivity index (χ3v) is 8.91. The number of nitrogens with zero attached hydrogens (tertiary/aromatic N) is 1. The molecular formula is C31H42N2O5. The average Bonchev–Trinajstić information content (AvgIpc) is 3.70. The van der Waals surface area contributed by atoms with Crippen molar-refractivity contribution in [1.29, 1.82) is 0 Å². The number of ether oxygens (including phenoxy) is 2. The summed E-state index contributed by atoms with van der Waals surface area (Å²) in [5.74, 6) is 1.38. The van der Waals surface area contributed by atoms with E-state index in [1.54, 1.807) is 0 Å². The Kier molecular flexibility index (Phi) is 9.15. The normalized spacial score (nSPS) is 25.0. The van der Waals surface area contributed by atoms with Gasteiger partial charge in [-0.25, -0.2) is 4.98 Å². The van der Waals surface area contributed by atoms with Crippen LogP contribution in [-0.2, 0) is 27.1 Å². The number of nitrogens with one attached hydrogen (secondary N) is 1. The third-order valence-electron chi connectivity index (χ3n) is 8.91. The van der Waals surface area contributed by atoms with E-state index in [1.807, 2.05) is 12.1 Å². The summed E-state index contributed by atoms with van der Waals surface area (Å²) in [4.78, 5) is 29.1. The Bertz CT molecular complexity index is 1080. The second-order valence-electron chi connectivity index (χ2n) is 11.4. The second kappa shape index (κ2) is 12.9. The molecule has 1 aliphatic carbocycles. The molecule has 1 N–H and O–H groups in total. The van der Waals surface area contributed by atoms with E-state index in [9.17, 15) is 9.59 Å². The topological polar surface area (TPSA) is 90.7 Å². The van der Waals surface area contributed by atoms with E-state index < -0.39 is 0 Å². The fourth-order valence-electron chi connectivity index (χ4n) is 6.84. The first-order valence-electron chi connectivity index (χ1n) is 14.6. The summed E-state index contributed by atoms with van der Waals surface area (Å²) in [6.45, 7) is 0.677. The largest absolute Gasteiger partial charge is 0.469 e. The van der Waals surface area contributed by atoms with E-state index in [0.717, 1.165) is 37.2 Å².